The molecule has 2 aromatic rings. The highest BCUT2D eigenvalue weighted by Crippen LogP contribution is 2.26. The zero-order valence-electron chi connectivity index (χ0n) is 12.1. The second kappa shape index (κ2) is 6.37. The highest BCUT2D eigenvalue weighted by molar-refractivity contribution is 7.14. The van der Waals surface area contributed by atoms with Crippen LogP contribution in [0.1, 0.15) is 47.4 Å². The maximum atomic E-state index is 12.2. The van der Waals surface area contributed by atoms with Gasteiger partial charge in [0.05, 0.1) is 11.7 Å². The average molecular weight is 301 g/mol. The molecule has 1 aromatic heterocycles. The number of benzene rings is 1. The van der Waals surface area contributed by atoms with E-state index in [2.05, 4.69) is 22.5 Å². The predicted octanol–water partition coefficient (Wildman–Crippen LogP) is 3.38. The van der Waals surface area contributed by atoms with E-state index in [0.717, 1.165) is 25.1 Å². The molecule has 0 aliphatic carbocycles. The van der Waals surface area contributed by atoms with Gasteiger partial charge in [0.2, 0.25) is 0 Å². The molecule has 1 aliphatic rings. The molecule has 1 aromatic carbocycles. The minimum Gasteiger partial charge on any atom is -0.309 e. The van der Waals surface area contributed by atoms with Crippen molar-refractivity contribution in [1.29, 1.82) is 0 Å². The maximum absolute atomic E-state index is 12.2. The number of carbonyl (C=O) groups is 1. The van der Waals surface area contributed by atoms with Crippen molar-refractivity contribution < 1.29 is 4.79 Å². The monoisotopic (exact) mass is 301 g/mol. The number of thiazole rings is 1. The number of nitrogens with zero attached hydrogens (tertiary/aromatic N) is 1. The lowest BCUT2D eigenvalue weighted by atomic mass is 10.1. The lowest BCUT2D eigenvalue weighted by Gasteiger charge is -2.05. The smallest absolute Gasteiger partial charge is 0.257 e. The Morgan fingerprint density at radius 1 is 1.43 bits per heavy atom. The number of hydrogen-bond donors (Lipinski definition) is 2. The Bertz CT molecular complexity index is 615. The van der Waals surface area contributed by atoms with Crippen molar-refractivity contribution in [3.8, 4) is 0 Å². The first-order valence-corrected chi connectivity index (χ1v) is 8.23. The van der Waals surface area contributed by atoms with Gasteiger partial charge < -0.3 is 5.32 Å². The maximum Gasteiger partial charge on any atom is 0.257 e. The summed E-state index contributed by atoms with van der Waals surface area (Å²) in [5.41, 5.74) is 2.94. The molecule has 1 saturated heterocycles. The first-order valence-electron chi connectivity index (χ1n) is 7.35. The second-order valence-electron chi connectivity index (χ2n) is 5.23. The van der Waals surface area contributed by atoms with Gasteiger partial charge in [-0.1, -0.05) is 19.1 Å². The van der Waals surface area contributed by atoms with E-state index in [9.17, 15) is 4.79 Å². The summed E-state index contributed by atoms with van der Waals surface area (Å²) in [6.45, 7) is 3.15. The molecule has 0 spiro atoms. The lowest BCUT2D eigenvalue weighted by Crippen LogP contribution is -2.14. The number of carbonyl (C=O) groups excluding carboxylic acids is 1. The van der Waals surface area contributed by atoms with E-state index in [4.69, 9.17) is 0 Å². The predicted molar refractivity (Wildman–Crippen MR) is 85.9 cm³/mol. The third-order valence-corrected chi connectivity index (χ3v) is 4.56. The van der Waals surface area contributed by atoms with Gasteiger partial charge in [-0.15, -0.1) is 11.3 Å². The molecule has 4 nitrogen and oxygen atoms in total. The van der Waals surface area contributed by atoms with Gasteiger partial charge in [-0.25, -0.2) is 4.98 Å². The number of amides is 1. The molecule has 2 N–H and O–H groups in total. The molecule has 0 radical (unpaired) electrons. The standard InChI is InChI=1S/C16H19N3OS/c1-2-11-5-7-12(8-6-11)15(20)19-16-18-14(10-21-16)13-4-3-9-17-13/h5-8,10,13,17H,2-4,9H2,1H3,(H,18,19,20)/t13-/m1/s1. The fourth-order valence-corrected chi connectivity index (χ4v) is 3.26. The average Bonchev–Trinajstić information content (AvgIpc) is 3.18. The molecule has 0 unspecified atom stereocenters. The van der Waals surface area contributed by atoms with Gasteiger partial charge in [0.25, 0.3) is 5.91 Å². The summed E-state index contributed by atoms with van der Waals surface area (Å²) in [7, 11) is 0. The number of aryl methyl sites for hydroxylation is 1. The van der Waals surface area contributed by atoms with Crippen molar-refractivity contribution >= 4 is 22.4 Å². The van der Waals surface area contributed by atoms with Gasteiger partial charge in [-0.05, 0) is 43.5 Å². The molecule has 1 fully saturated rings. The zero-order valence-corrected chi connectivity index (χ0v) is 12.9. The van der Waals surface area contributed by atoms with Gasteiger partial charge in [0.15, 0.2) is 5.13 Å². The van der Waals surface area contributed by atoms with Crippen molar-refractivity contribution in [1.82, 2.24) is 10.3 Å². The molecule has 2 heterocycles. The van der Waals surface area contributed by atoms with Crippen LogP contribution in [0.4, 0.5) is 5.13 Å². The van der Waals surface area contributed by atoms with Crippen molar-refractivity contribution in [3.05, 3.63) is 46.5 Å². The third-order valence-electron chi connectivity index (χ3n) is 3.78. The fourth-order valence-electron chi connectivity index (χ4n) is 2.50. The van der Waals surface area contributed by atoms with Crippen LogP contribution in [0, 0.1) is 0 Å². The molecule has 5 heteroatoms. The minimum absolute atomic E-state index is 0.0991. The molecule has 110 valence electrons. The van der Waals surface area contributed by atoms with Crippen LogP contribution in [-0.2, 0) is 6.42 Å². The summed E-state index contributed by atoms with van der Waals surface area (Å²) in [6, 6.07) is 8.05. The first-order chi connectivity index (χ1) is 10.3. The van der Waals surface area contributed by atoms with E-state index in [1.54, 1.807) is 0 Å². The van der Waals surface area contributed by atoms with Gasteiger partial charge in [-0.2, -0.15) is 0 Å². The highest BCUT2D eigenvalue weighted by Gasteiger charge is 2.19. The van der Waals surface area contributed by atoms with Gasteiger partial charge >= 0.3 is 0 Å². The zero-order chi connectivity index (χ0) is 14.7. The number of nitrogens with one attached hydrogen (secondary N) is 2. The van der Waals surface area contributed by atoms with E-state index in [1.807, 2.05) is 29.6 Å². The molecule has 1 aliphatic heterocycles. The number of anilines is 1. The van der Waals surface area contributed by atoms with Crippen molar-refractivity contribution in [2.24, 2.45) is 0 Å². The third kappa shape index (κ3) is 3.31. The molecule has 1 amide bonds. The summed E-state index contributed by atoms with van der Waals surface area (Å²) >= 11 is 1.48. The quantitative estimate of drug-likeness (QED) is 0.910. The first kappa shape index (κ1) is 14.2. The van der Waals surface area contributed by atoms with E-state index in [0.29, 0.717) is 16.7 Å². The summed E-state index contributed by atoms with van der Waals surface area (Å²) in [6.07, 6.45) is 3.29. The lowest BCUT2D eigenvalue weighted by molar-refractivity contribution is 0.102. The Morgan fingerprint density at radius 2 is 2.24 bits per heavy atom. The van der Waals surface area contributed by atoms with Crippen LogP contribution in [0.3, 0.4) is 0 Å². The Labute approximate surface area is 128 Å². The molecular weight excluding hydrogens is 282 g/mol. The van der Waals surface area contributed by atoms with Crippen LogP contribution in [0.2, 0.25) is 0 Å². The summed E-state index contributed by atoms with van der Waals surface area (Å²) in [5.74, 6) is -0.0991. The van der Waals surface area contributed by atoms with Crippen molar-refractivity contribution in [2.75, 3.05) is 11.9 Å². The Kier molecular flexibility index (Phi) is 4.31. The van der Waals surface area contributed by atoms with Crippen molar-refractivity contribution in [2.45, 2.75) is 32.2 Å². The van der Waals surface area contributed by atoms with Gasteiger partial charge in [0.1, 0.15) is 0 Å². The number of aromatic nitrogens is 1. The van der Waals surface area contributed by atoms with Crippen LogP contribution in [-0.4, -0.2) is 17.4 Å². The largest absolute Gasteiger partial charge is 0.309 e. The second-order valence-corrected chi connectivity index (χ2v) is 6.09. The number of rotatable bonds is 4. The van der Waals surface area contributed by atoms with Crippen LogP contribution in [0.25, 0.3) is 0 Å². The normalized spacial score (nSPS) is 17.9. The number of hydrogen-bond acceptors (Lipinski definition) is 4. The summed E-state index contributed by atoms with van der Waals surface area (Å²) in [4.78, 5) is 16.7. The Morgan fingerprint density at radius 3 is 2.90 bits per heavy atom. The fraction of sp³-hybridized carbons (Fsp3) is 0.375. The molecule has 0 bridgehead atoms. The summed E-state index contributed by atoms with van der Waals surface area (Å²) < 4.78 is 0. The van der Waals surface area contributed by atoms with E-state index in [1.165, 1.54) is 23.3 Å². The summed E-state index contributed by atoms with van der Waals surface area (Å²) in [5, 5.41) is 8.99. The molecule has 3 rings (SSSR count). The minimum atomic E-state index is -0.0991. The van der Waals surface area contributed by atoms with Gasteiger partial charge in [-0.3, -0.25) is 10.1 Å². The Hall–Kier alpha value is -1.72. The molecule has 1 atom stereocenters. The van der Waals surface area contributed by atoms with Crippen LogP contribution < -0.4 is 10.6 Å². The van der Waals surface area contributed by atoms with E-state index in [-0.39, 0.29) is 5.91 Å². The van der Waals surface area contributed by atoms with E-state index >= 15 is 0 Å². The van der Waals surface area contributed by atoms with Crippen LogP contribution in [0.5, 0.6) is 0 Å². The molecule has 21 heavy (non-hydrogen) atoms. The van der Waals surface area contributed by atoms with Crippen LogP contribution >= 0.6 is 11.3 Å². The topological polar surface area (TPSA) is 54.0 Å². The van der Waals surface area contributed by atoms with Gasteiger partial charge in [0, 0.05) is 10.9 Å². The van der Waals surface area contributed by atoms with Crippen molar-refractivity contribution in [3.63, 3.8) is 0 Å². The Balaban J connectivity index is 1.66. The van der Waals surface area contributed by atoms with E-state index < -0.39 is 0 Å². The molecule has 0 saturated carbocycles. The molecular formula is C16H19N3OS. The highest BCUT2D eigenvalue weighted by atomic mass is 32.1. The SMILES string of the molecule is CCc1ccc(C(=O)Nc2nc([C@H]3CCCN3)cs2)cc1. The van der Waals surface area contributed by atoms with Crippen LogP contribution in [0.15, 0.2) is 29.6 Å².